The normalized spacial score (nSPS) is 16.7. The number of benzene rings is 2. The van der Waals surface area contributed by atoms with Gasteiger partial charge in [0.05, 0.1) is 36.6 Å². The fourth-order valence-corrected chi connectivity index (χ4v) is 4.23. The lowest BCUT2D eigenvalue weighted by Gasteiger charge is -2.30. The second kappa shape index (κ2) is 11.4. The third-order valence-corrected chi connectivity index (χ3v) is 6.49. The van der Waals surface area contributed by atoms with Crippen molar-refractivity contribution in [1.82, 2.24) is 10.3 Å². The predicted octanol–water partition coefficient (Wildman–Crippen LogP) is 6.97. The first kappa shape index (κ1) is 28.1. The summed E-state index contributed by atoms with van der Waals surface area (Å²) in [6.07, 6.45) is -7.62. The van der Waals surface area contributed by atoms with Gasteiger partial charge in [-0.15, -0.1) is 0 Å². The van der Waals surface area contributed by atoms with E-state index in [1.807, 2.05) is 37.3 Å². The summed E-state index contributed by atoms with van der Waals surface area (Å²) in [4.78, 5) is 3.66. The molecule has 10 heteroatoms. The van der Waals surface area contributed by atoms with Gasteiger partial charge in [-0.1, -0.05) is 42.5 Å². The topological polar surface area (TPSA) is 54.4 Å². The molecular formula is C28H28F6N2O2. The van der Waals surface area contributed by atoms with Crippen LogP contribution in [-0.4, -0.2) is 29.3 Å². The number of aromatic nitrogens is 1. The van der Waals surface area contributed by atoms with Gasteiger partial charge in [0, 0.05) is 11.6 Å². The molecule has 38 heavy (non-hydrogen) atoms. The summed E-state index contributed by atoms with van der Waals surface area (Å²) in [5.74, 6) is 0.489. The molecule has 1 saturated carbocycles. The Balaban J connectivity index is 1.64. The highest BCUT2D eigenvalue weighted by Gasteiger charge is 2.35. The first-order chi connectivity index (χ1) is 18.0. The number of halogens is 6. The summed E-state index contributed by atoms with van der Waals surface area (Å²) in [5, 5.41) is 13.4. The van der Waals surface area contributed by atoms with E-state index in [-0.39, 0.29) is 16.8 Å². The van der Waals surface area contributed by atoms with E-state index < -0.39 is 48.4 Å². The Kier molecular flexibility index (Phi) is 8.44. The van der Waals surface area contributed by atoms with Gasteiger partial charge in [-0.2, -0.15) is 26.3 Å². The minimum Gasteiger partial charge on any atom is -0.394 e. The molecule has 0 radical (unpaired) electrons. The van der Waals surface area contributed by atoms with E-state index in [1.165, 1.54) is 6.07 Å². The van der Waals surface area contributed by atoms with Gasteiger partial charge in [0.1, 0.15) is 5.69 Å². The molecule has 3 atom stereocenters. The van der Waals surface area contributed by atoms with Gasteiger partial charge >= 0.3 is 12.4 Å². The standard InChI is InChI=1S/C28H28F6N2O2/c1-17(26(38-16-18-7-8-18)20-5-3-2-4-6-20)35-24(15-37)21-13-23(36-25(14-21)28(32,33)34)19-9-11-22(12-10-19)27(29,30)31/h2-6,9-14,17-18,24,26,35,37H,7-8,15-16H2,1H3/t17?,24-,26+/m0/s1. The van der Waals surface area contributed by atoms with Crippen molar-refractivity contribution in [1.29, 1.82) is 0 Å². The third kappa shape index (κ3) is 7.12. The molecule has 2 aromatic carbocycles. The van der Waals surface area contributed by atoms with Gasteiger partial charge in [-0.3, -0.25) is 0 Å². The van der Waals surface area contributed by atoms with E-state index in [0.717, 1.165) is 48.7 Å². The molecule has 3 aromatic rings. The van der Waals surface area contributed by atoms with E-state index >= 15 is 0 Å². The number of nitrogens with one attached hydrogen (secondary N) is 1. The van der Waals surface area contributed by atoms with Gasteiger partial charge < -0.3 is 15.2 Å². The number of aliphatic hydroxyl groups is 1. The maximum absolute atomic E-state index is 13.7. The predicted molar refractivity (Wildman–Crippen MR) is 130 cm³/mol. The molecule has 4 rings (SSSR count). The van der Waals surface area contributed by atoms with Crippen molar-refractivity contribution in [2.75, 3.05) is 13.2 Å². The Morgan fingerprint density at radius 3 is 2.13 bits per heavy atom. The highest BCUT2D eigenvalue weighted by Crippen LogP contribution is 2.36. The molecule has 0 spiro atoms. The van der Waals surface area contributed by atoms with Crippen LogP contribution in [0, 0.1) is 5.92 Å². The lowest BCUT2D eigenvalue weighted by atomic mass is 9.99. The fraction of sp³-hybridized carbons (Fsp3) is 0.393. The van der Waals surface area contributed by atoms with Crippen LogP contribution in [0.3, 0.4) is 0 Å². The van der Waals surface area contributed by atoms with Crippen LogP contribution in [0.5, 0.6) is 0 Å². The van der Waals surface area contributed by atoms with Crippen LogP contribution in [0.4, 0.5) is 26.3 Å². The molecule has 1 heterocycles. The van der Waals surface area contributed by atoms with Crippen molar-refractivity contribution in [2.45, 2.75) is 50.3 Å². The number of hydrogen-bond donors (Lipinski definition) is 2. The average molecular weight is 539 g/mol. The monoisotopic (exact) mass is 538 g/mol. The van der Waals surface area contributed by atoms with Gasteiger partial charge in [0.25, 0.3) is 0 Å². The van der Waals surface area contributed by atoms with Crippen LogP contribution < -0.4 is 5.32 Å². The second-order valence-corrected chi connectivity index (χ2v) is 9.54. The van der Waals surface area contributed by atoms with Crippen molar-refractivity contribution in [2.24, 2.45) is 5.92 Å². The van der Waals surface area contributed by atoms with Crippen molar-refractivity contribution in [3.05, 3.63) is 89.1 Å². The number of aliphatic hydroxyl groups excluding tert-OH is 1. The minimum absolute atomic E-state index is 0.0880. The molecule has 1 unspecified atom stereocenters. The second-order valence-electron chi connectivity index (χ2n) is 9.54. The molecule has 4 nitrogen and oxygen atoms in total. The SMILES string of the molecule is CC(N[C@@H](CO)c1cc(-c2ccc(C(F)(F)F)cc2)nc(C(F)(F)F)c1)[C@@H](OCC1CC1)c1ccccc1. The number of pyridine rings is 1. The number of rotatable bonds is 10. The number of ether oxygens (including phenoxy) is 1. The summed E-state index contributed by atoms with van der Waals surface area (Å²) in [5.41, 5.74) is -1.20. The zero-order valence-corrected chi connectivity index (χ0v) is 20.6. The van der Waals surface area contributed by atoms with Crippen molar-refractivity contribution in [3.8, 4) is 11.3 Å². The number of alkyl halides is 6. The Hall–Kier alpha value is -2.95. The van der Waals surface area contributed by atoms with Crippen LogP contribution in [0.1, 0.15) is 54.3 Å². The van der Waals surface area contributed by atoms with Crippen molar-refractivity contribution >= 4 is 0 Å². The molecule has 204 valence electrons. The number of hydrogen-bond acceptors (Lipinski definition) is 4. The molecule has 1 aliphatic rings. The van der Waals surface area contributed by atoms with E-state index in [2.05, 4.69) is 10.3 Å². The smallest absolute Gasteiger partial charge is 0.394 e. The van der Waals surface area contributed by atoms with E-state index in [0.29, 0.717) is 12.5 Å². The molecule has 0 bridgehead atoms. The molecule has 1 aliphatic carbocycles. The lowest BCUT2D eigenvalue weighted by Crippen LogP contribution is -2.38. The molecule has 0 aliphatic heterocycles. The van der Waals surface area contributed by atoms with Crippen LogP contribution in [0.2, 0.25) is 0 Å². The third-order valence-electron chi connectivity index (χ3n) is 6.49. The summed E-state index contributed by atoms with van der Waals surface area (Å²) >= 11 is 0. The summed E-state index contributed by atoms with van der Waals surface area (Å²) in [6.45, 7) is 1.86. The van der Waals surface area contributed by atoms with E-state index in [9.17, 15) is 31.4 Å². The maximum Gasteiger partial charge on any atom is 0.433 e. The maximum atomic E-state index is 13.7. The first-order valence-electron chi connectivity index (χ1n) is 12.3. The van der Waals surface area contributed by atoms with Gasteiger partial charge in [-0.05, 0) is 61.1 Å². The van der Waals surface area contributed by atoms with Crippen LogP contribution in [-0.2, 0) is 17.1 Å². The van der Waals surface area contributed by atoms with Gasteiger partial charge in [0.15, 0.2) is 0 Å². The van der Waals surface area contributed by atoms with Crippen molar-refractivity contribution < 1.29 is 36.2 Å². The highest BCUT2D eigenvalue weighted by atomic mass is 19.4. The fourth-order valence-electron chi connectivity index (χ4n) is 4.23. The Bertz CT molecular complexity index is 1190. The molecule has 2 N–H and O–H groups in total. The Labute approximate surface area is 216 Å². The molecule has 0 amide bonds. The zero-order valence-electron chi connectivity index (χ0n) is 20.6. The molecule has 0 saturated heterocycles. The van der Waals surface area contributed by atoms with Gasteiger partial charge in [-0.25, -0.2) is 4.98 Å². The highest BCUT2D eigenvalue weighted by molar-refractivity contribution is 5.61. The van der Waals surface area contributed by atoms with Crippen LogP contribution >= 0.6 is 0 Å². The molecular weight excluding hydrogens is 510 g/mol. The minimum atomic E-state index is -4.80. The Morgan fingerprint density at radius 2 is 1.58 bits per heavy atom. The van der Waals surface area contributed by atoms with Gasteiger partial charge in [0.2, 0.25) is 0 Å². The average Bonchev–Trinajstić information content (AvgIpc) is 3.71. The zero-order chi connectivity index (χ0) is 27.5. The summed E-state index contributed by atoms with van der Waals surface area (Å²) in [7, 11) is 0. The van der Waals surface area contributed by atoms with Crippen molar-refractivity contribution in [3.63, 3.8) is 0 Å². The van der Waals surface area contributed by atoms with Crippen LogP contribution in [0.15, 0.2) is 66.7 Å². The molecule has 1 aromatic heterocycles. The van der Waals surface area contributed by atoms with Crippen LogP contribution in [0.25, 0.3) is 11.3 Å². The van der Waals surface area contributed by atoms with E-state index in [4.69, 9.17) is 4.74 Å². The summed E-state index contributed by atoms with van der Waals surface area (Å²) in [6, 6.07) is 14.0. The first-order valence-corrected chi connectivity index (χ1v) is 12.3. The number of nitrogens with zero attached hydrogens (tertiary/aromatic N) is 1. The van der Waals surface area contributed by atoms with E-state index in [1.54, 1.807) is 0 Å². The lowest BCUT2D eigenvalue weighted by molar-refractivity contribution is -0.141. The quantitative estimate of drug-likeness (QED) is 0.274. The largest absolute Gasteiger partial charge is 0.433 e. The summed E-state index contributed by atoms with van der Waals surface area (Å²) < 4.78 is 86.2. The Morgan fingerprint density at radius 1 is 0.921 bits per heavy atom. The molecule has 1 fully saturated rings.